The first kappa shape index (κ1) is 12.6. The van der Waals surface area contributed by atoms with Crippen molar-refractivity contribution in [3.8, 4) is 0 Å². The van der Waals surface area contributed by atoms with Gasteiger partial charge in [-0.3, -0.25) is 4.90 Å². The Kier molecular flexibility index (Phi) is 3.17. The summed E-state index contributed by atoms with van der Waals surface area (Å²) in [5, 5.41) is 4.26. The Hall–Kier alpha value is -1.10. The second-order valence-electron chi connectivity index (χ2n) is 6.05. The standard InChI is InChI=1S/C15H19ClN4/c16-13-1-2-15-18-14(10-20(15)8-13)9-19-4-3-11-5-17-6-12(11)7-19/h1-2,8,10-12,17H,3-7,9H2. The smallest absolute Gasteiger partial charge is 0.137 e. The van der Waals surface area contributed by atoms with Crippen LogP contribution in [0.2, 0.25) is 5.02 Å². The Labute approximate surface area is 123 Å². The Morgan fingerprint density at radius 1 is 1.25 bits per heavy atom. The Bertz CT molecular complexity index is 623. The molecule has 2 saturated heterocycles. The van der Waals surface area contributed by atoms with Crippen molar-refractivity contribution in [3.63, 3.8) is 0 Å². The van der Waals surface area contributed by atoms with Crippen molar-refractivity contribution in [1.29, 1.82) is 0 Å². The van der Waals surface area contributed by atoms with E-state index in [2.05, 4.69) is 21.4 Å². The summed E-state index contributed by atoms with van der Waals surface area (Å²) in [5.74, 6) is 1.72. The predicted octanol–water partition coefficient (Wildman–Crippen LogP) is 2.03. The molecule has 2 aromatic rings. The number of halogens is 1. The molecule has 0 radical (unpaired) electrons. The molecule has 0 amide bonds. The molecule has 2 atom stereocenters. The van der Waals surface area contributed by atoms with Crippen molar-refractivity contribution in [1.82, 2.24) is 19.6 Å². The van der Waals surface area contributed by atoms with E-state index in [4.69, 9.17) is 11.6 Å². The van der Waals surface area contributed by atoms with Crippen LogP contribution in [-0.2, 0) is 6.54 Å². The highest BCUT2D eigenvalue weighted by molar-refractivity contribution is 6.30. The van der Waals surface area contributed by atoms with E-state index in [1.54, 1.807) is 0 Å². The molecule has 4 rings (SSSR count). The van der Waals surface area contributed by atoms with Crippen LogP contribution in [0.25, 0.3) is 5.65 Å². The lowest BCUT2D eigenvalue weighted by atomic mass is 9.89. The van der Waals surface area contributed by atoms with Crippen LogP contribution in [0.15, 0.2) is 24.5 Å². The van der Waals surface area contributed by atoms with Crippen LogP contribution < -0.4 is 5.32 Å². The van der Waals surface area contributed by atoms with Crippen LogP contribution in [-0.4, -0.2) is 40.5 Å². The second-order valence-corrected chi connectivity index (χ2v) is 6.48. The number of hydrogen-bond acceptors (Lipinski definition) is 3. The average Bonchev–Trinajstić information content (AvgIpc) is 3.03. The third-order valence-electron chi connectivity index (χ3n) is 4.64. The summed E-state index contributed by atoms with van der Waals surface area (Å²) in [6.07, 6.45) is 5.33. The lowest BCUT2D eigenvalue weighted by Crippen LogP contribution is -2.39. The van der Waals surface area contributed by atoms with Gasteiger partial charge in [0.25, 0.3) is 0 Å². The maximum atomic E-state index is 6.01. The van der Waals surface area contributed by atoms with Gasteiger partial charge < -0.3 is 9.72 Å². The van der Waals surface area contributed by atoms with Crippen LogP contribution in [0.1, 0.15) is 12.1 Å². The van der Waals surface area contributed by atoms with Crippen molar-refractivity contribution in [2.24, 2.45) is 11.8 Å². The van der Waals surface area contributed by atoms with Gasteiger partial charge in [-0.2, -0.15) is 0 Å². The van der Waals surface area contributed by atoms with Crippen LogP contribution in [0.5, 0.6) is 0 Å². The van der Waals surface area contributed by atoms with Gasteiger partial charge in [0.05, 0.1) is 10.7 Å². The van der Waals surface area contributed by atoms with Crippen LogP contribution >= 0.6 is 11.6 Å². The molecule has 4 heterocycles. The highest BCUT2D eigenvalue weighted by Crippen LogP contribution is 2.27. The average molecular weight is 291 g/mol. The molecular weight excluding hydrogens is 272 g/mol. The van der Waals surface area contributed by atoms with Gasteiger partial charge >= 0.3 is 0 Å². The van der Waals surface area contributed by atoms with E-state index in [-0.39, 0.29) is 0 Å². The van der Waals surface area contributed by atoms with Crippen LogP contribution in [0.4, 0.5) is 0 Å². The molecule has 0 aliphatic carbocycles. The molecule has 20 heavy (non-hydrogen) atoms. The first-order chi connectivity index (χ1) is 9.78. The quantitative estimate of drug-likeness (QED) is 0.919. The van der Waals surface area contributed by atoms with E-state index in [1.807, 2.05) is 22.7 Å². The lowest BCUT2D eigenvalue weighted by molar-refractivity contribution is 0.141. The molecule has 0 aromatic carbocycles. The number of hydrogen-bond donors (Lipinski definition) is 1. The fraction of sp³-hybridized carbons (Fsp3) is 0.533. The molecular formula is C15H19ClN4. The lowest BCUT2D eigenvalue weighted by Gasteiger charge is -2.33. The number of fused-ring (bicyclic) bond motifs is 2. The topological polar surface area (TPSA) is 32.6 Å². The molecule has 2 aliphatic heterocycles. The second kappa shape index (κ2) is 5.02. The minimum atomic E-state index is 0.749. The fourth-order valence-corrected chi connectivity index (χ4v) is 3.74. The molecule has 1 N–H and O–H groups in total. The van der Waals surface area contributed by atoms with Gasteiger partial charge in [0, 0.05) is 25.5 Å². The third kappa shape index (κ3) is 2.32. The molecule has 2 aromatic heterocycles. The van der Waals surface area contributed by atoms with Crippen molar-refractivity contribution in [3.05, 3.63) is 35.2 Å². The van der Waals surface area contributed by atoms with E-state index in [0.717, 1.165) is 34.7 Å². The number of imidazole rings is 1. The minimum absolute atomic E-state index is 0.749. The molecule has 0 saturated carbocycles. The fourth-order valence-electron chi connectivity index (χ4n) is 3.58. The molecule has 106 valence electrons. The summed E-state index contributed by atoms with van der Waals surface area (Å²) in [6, 6.07) is 3.86. The van der Waals surface area contributed by atoms with E-state index in [1.165, 1.54) is 32.6 Å². The molecule has 5 heteroatoms. The summed E-state index contributed by atoms with van der Waals surface area (Å²) in [4.78, 5) is 7.22. The van der Waals surface area contributed by atoms with Gasteiger partial charge in [-0.05, 0) is 50.0 Å². The van der Waals surface area contributed by atoms with Crippen LogP contribution in [0, 0.1) is 11.8 Å². The van der Waals surface area contributed by atoms with E-state index >= 15 is 0 Å². The Morgan fingerprint density at radius 2 is 2.15 bits per heavy atom. The number of aromatic nitrogens is 2. The molecule has 2 aliphatic rings. The van der Waals surface area contributed by atoms with E-state index in [0.29, 0.717) is 0 Å². The summed E-state index contributed by atoms with van der Waals surface area (Å²) in [6.45, 7) is 5.74. The molecule has 0 spiro atoms. The molecule has 0 bridgehead atoms. The van der Waals surface area contributed by atoms with Crippen molar-refractivity contribution < 1.29 is 0 Å². The summed E-state index contributed by atoms with van der Waals surface area (Å²) in [7, 11) is 0. The monoisotopic (exact) mass is 290 g/mol. The zero-order chi connectivity index (χ0) is 13.5. The largest absolute Gasteiger partial charge is 0.316 e. The number of nitrogens with zero attached hydrogens (tertiary/aromatic N) is 3. The first-order valence-electron chi connectivity index (χ1n) is 7.34. The van der Waals surface area contributed by atoms with Gasteiger partial charge in [-0.25, -0.2) is 4.98 Å². The highest BCUT2D eigenvalue weighted by Gasteiger charge is 2.32. The van der Waals surface area contributed by atoms with Gasteiger partial charge in [-0.15, -0.1) is 0 Å². The van der Waals surface area contributed by atoms with Gasteiger partial charge in [0.1, 0.15) is 5.65 Å². The first-order valence-corrected chi connectivity index (χ1v) is 7.72. The predicted molar refractivity (Wildman–Crippen MR) is 79.9 cm³/mol. The van der Waals surface area contributed by atoms with Gasteiger partial charge in [0.15, 0.2) is 0 Å². The molecule has 2 unspecified atom stereocenters. The highest BCUT2D eigenvalue weighted by atomic mass is 35.5. The minimum Gasteiger partial charge on any atom is -0.316 e. The number of rotatable bonds is 2. The van der Waals surface area contributed by atoms with E-state index in [9.17, 15) is 0 Å². The molecule has 2 fully saturated rings. The normalized spacial score (nSPS) is 27.1. The SMILES string of the molecule is Clc1ccc2nc(CN3CCC4CNCC4C3)cn2c1. The number of nitrogens with one attached hydrogen (secondary N) is 1. The Balaban J connectivity index is 1.49. The Morgan fingerprint density at radius 3 is 3.10 bits per heavy atom. The summed E-state index contributed by atoms with van der Waals surface area (Å²) >= 11 is 6.01. The maximum Gasteiger partial charge on any atom is 0.137 e. The van der Waals surface area contributed by atoms with Gasteiger partial charge in [-0.1, -0.05) is 11.6 Å². The number of piperidine rings is 1. The zero-order valence-electron chi connectivity index (χ0n) is 11.4. The zero-order valence-corrected chi connectivity index (χ0v) is 12.2. The third-order valence-corrected chi connectivity index (χ3v) is 4.86. The molecule has 4 nitrogen and oxygen atoms in total. The van der Waals surface area contributed by atoms with Crippen molar-refractivity contribution >= 4 is 17.2 Å². The van der Waals surface area contributed by atoms with Crippen LogP contribution in [0.3, 0.4) is 0 Å². The number of pyridine rings is 1. The van der Waals surface area contributed by atoms with E-state index < -0.39 is 0 Å². The summed E-state index contributed by atoms with van der Waals surface area (Å²) < 4.78 is 2.02. The maximum absolute atomic E-state index is 6.01. The number of likely N-dealkylation sites (tertiary alicyclic amines) is 1. The summed E-state index contributed by atoms with van der Waals surface area (Å²) in [5.41, 5.74) is 2.11. The van der Waals surface area contributed by atoms with Crippen molar-refractivity contribution in [2.75, 3.05) is 26.2 Å². The van der Waals surface area contributed by atoms with Gasteiger partial charge in [0.2, 0.25) is 0 Å². The van der Waals surface area contributed by atoms with Crippen molar-refractivity contribution in [2.45, 2.75) is 13.0 Å².